The molecule has 1 N–H and O–H groups in total. The summed E-state index contributed by atoms with van der Waals surface area (Å²) in [5.41, 5.74) is 0.394. The Balaban J connectivity index is 1.56. The number of nitrogens with one attached hydrogen (secondary N) is 1. The third kappa shape index (κ3) is 3.25. The van der Waals surface area contributed by atoms with Crippen molar-refractivity contribution in [1.29, 1.82) is 0 Å². The van der Waals surface area contributed by atoms with Gasteiger partial charge in [-0.2, -0.15) is 0 Å². The van der Waals surface area contributed by atoms with Crippen molar-refractivity contribution in [3.05, 3.63) is 0 Å². The van der Waals surface area contributed by atoms with Gasteiger partial charge < -0.3 is 15.0 Å². The van der Waals surface area contributed by atoms with Crippen molar-refractivity contribution in [3.63, 3.8) is 0 Å². The molecule has 104 valence electrons. The second kappa shape index (κ2) is 5.48. The van der Waals surface area contributed by atoms with E-state index in [0.29, 0.717) is 5.41 Å². The molecule has 3 aliphatic rings. The highest BCUT2D eigenvalue weighted by molar-refractivity contribution is 4.92. The lowest BCUT2D eigenvalue weighted by Gasteiger charge is -2.40. The zero-order valence-corrected chi connectivity index (χ0v) is 11.8. The van der Waals surface area contributed by atoms with E-state index >= 15 is 0 Å². The summed E-state index contributed by atoms with van der Waals surface area (Å²) in [6, 6.07) is 0.821. The molecular weight excluding hydrogens is 224 g/mol. The topological polar surface area (TPSA) is 24.5 Å². The van der Waals surface area contributed by atoms with Crippen LogP contribution in [0.25, 0.3) is 0 Å². The van der Waals surface area contributed by atoms with Crippen molar-refractivity contribution < 1.29 is 4.74 Å². The molecule has 3 heteroatoms. The van der Waals surface area contributed by atoms with E-state index in [-0.39, 0.29) is 0 Å². The smallest absolute Gasteiger partial charge is 0.0546 e. The Morgan fingerprint density at radius 1 is 1.33 bits per heavy atom. The van der Waals surface area contributed by atoms with Crippen molar-refractivity contribution in [2.24, 2.45) is 11.3 Å². The van der Waals surface area contributed by atoms with Crippen LogP contribution in [-0.2, 0) is 4.74 Å². The summed E-state index contributed by atoms with van der Waals surface area (Å²) in [4.78, 5) is 2.67. The highest BCUT2D eigenvalue weighted by atomic mass is 16.5. The molecule has 1 aliphatic carbocycles. The van der Waals surface area contributed by atoms with Gasteiger partial charge in [0, 0.05) is 37.7 Å². The van der Waals surface area contributed by atoms with Crippen molar-refractivity contribution in [1.82, 2.24) is 10.2 Å². The number of hydrogen-bond donors (Lipinski definition) is 1. The Morgan fingerprint density at radius 3 is 2.83 bits per heavy atom. The molecule has 0 bridgehead atoms. The molecule has 0 aromatic carbocycles. The van der Waals surface area contributed by atoms with Gasteiger partial charge in [-0.15, -0.1) is 0 Å². The maximum absolute atomic E-state index is 5.81. The first kappa shape index (κ1) is 12.9. The summed E-state index contributed by atoms with van der Waals surface area (Å²) in [5.74, 6) is 0.892. The summed E-state index contributed by atoms with van der Waals surface area (Å²) in [6.45, 7) is 9.34. The van der Waals surface area contributed by atoms with E-state index in [2.05, 4.69) is 17.1 Å². The summed E-state index contributed by atoms with van der Waals surface area (Å²) in [6.07, 6.45) is 6.75. The van der Waals surface area contributed by atoms with Gasteiger partial charge in [-0.05, 0) is 44.6 Å². The minimum Gasteiger partial charge on any atom is -0.381 e. The molecule has 0 radical (unpaired) electrons. The van der Waals surface area contributed by atoms with Crippen LogP contribution in [0.2, 0.25) is 0 Å². The SMILES string of the molecule is CC1CCN(CC2(CNC3CC3)CCCOC2)C1. The number of ether oxygens (including phenoxy) is 1. The average Bonchev–Trinajstić information content (AvgIpc) is 3.12. The zero-order chi connectivity index (χ0) is 12.4. The lowest BCUT2D eigenvalue weighted by atomic mass is 9.81. The van der Waals surface area contributed by atoms with Gasteiger partial charge in [0.25, 0.3) is 0 Å². The molecule has 3 rings (SSSR count). The third-order valence-electron chi connectivity index (χ3n) is 4.81. The van der Waals surface area contributed by atoms with Crippen molar-refractivity contribution >= 4 is 0 Å². The lowest BCUT2D eigenvalue weighted by molar-refractivity contribution is -0.0236. The van der Waals surface area contributed by atoms with Gasteiger partial charge >= 0.3 is 0 Å². The molecule has 0 aromatic heterocycles. The molecule has 3 nitrogen and oxygen atoms in total. The van der Waals surface area contributed by atoms with Crippen LogP contribution >= 0.6 is 0 Å². The molecule has 1 saturated carbocycles. The predicted octanol–water partition coefficient (Wildman–Crippen LogP) is 1.88. The van der Waals surface area contributed by atoms with Gasteiger partial charge in [0.1, 0.15) is 0 Å². The monoisotopic (exact) mass is 252 g/mol. The second-order valence-electron chi connectivity index (χ2n) is 6.94. The first-order chi connectivity index (χ1) is 8.76. The molecule has 18 heavy (non-hydrogen) atoms. The van der Waals surface area contributed by atoms with Gasteiger partial charge in [-0.25, -0.2) is 0 Å². The maximum Gasteiger partial charge on any atom is 0.0546 e. The van der Waals surface area contributed by atoms with E-state index in [1.54, 1.807) is 0 Å². The molecule has 0 spiro atoms. The van der Waals surface area contributed by atoms with E-state index in [4.69, 9.17) is 4.74 Å². The van der Waals surface area contributed by atoms with E-state index in [9.17, 15) is 0 Å². The van der Waals surface area contributed by atoms with Crippen molar-refractivity contribution in [3.8, 4) is 0 Å². The molecule has 2 atom stereocenters. The van der Waals surface area contributed by atoms with Gasteiger partial charge in [-0.3, -0.25) is 0 Å². The molecule has 2 heterocycles. The summed E-state index contributed by atoms with van der Waals surface area (Å²) in [7, 11) is 0. The Labute approximate surface area is 111 Å². The summed E-state index contributed by atoms with van der Waals surface area (Å²) < 4.78 is 5.81. The first-order valence-corrected chi connectivity index (χ1v) is 7.79. The van der Waals surface area contributed by atoms with Crippen LogP contribution in [-0.4, -0.2) is 50.3 Å². The Kier molecular flexibility index (Phi) is 3.92. The quantitative estimate of drug-likeness (QED) is 0.808. The number of likely N-dealkylation sites (tertiary alicyclic amines) is 1. The second-order valence-corrected chi connectivity index (χ2v) is 6.94. The number of hydrogen-bond acceptors (Lipinski definition) is 3. The van der Waals surface area contributed by atoms with Crippen LogP contribution in [0.3, 0.4) is 0 Å². The van der Waals surface area contributed by atoms with E-state index < -0.39 is 0 Å². The van der Waals surface area contributed by atoms with Gasteiger partial charge in [0.2, 0.25) is 0 Å². The van der Waals surface area contributed by atoms with E-state index in [1.165, 1.54) is 58.3 Å². The molecule has 2 aliphatic heterocycles. The van der Waals surface area contributed by atoms with Crippen LogP contribution in [0.15, 0.2) is 0 Å². The average molecular weight is 252 g/mol. The molecule has 0 amide bonds. The van der Waals surface area contributed by atoms with Gasteiger partial charge in [0.15, 0.2) is 0 Å². The first-order valence-electron chi connectivity index (χ1n) is 7.79. The van der Waals surface area contributed by atoms with Crippen LogP contribution < -0.4 is 5.32 Å². The van der Waals surface area contributed by atoms with Crippen LogP contribution in [0.1, 0.15) is 39.0 Å². The Hall–Kier alpha value is -0.120. The minimum absolute atomic E-state index is 0.394. The highest BCUT2D eigenvalue weighted by Crippen LogP contribution is 2.32. The maximum atomic E-state index is 5.81. The summed E-state index contributed by atoms with van der Waals surface area (Å²) in [5, 5.41) is 3.75. The predicted molar refractivity (Wildman–Crippen MR) is 73.7 cm³/mol. The van der Waals surface area contributed by atoms with Crippen molar-refractivity contribution in [2.75, 3.05) is 39.4 Å². The molecule has 2 unspecified atom stereocenters. The largest absolute Gasteiger partial charge is 0.381 e. The third-order valence-corrected chi connectivity index (χ3v) is 4.81. The number of nitrogens with zero attached hydrogens (tertiary/aromatic N) is 1. The van der Waals surface area contributed by atoms with E-state index in [1.807, 2.05) is 0 Å². The fourth-order valence-corrected chi connectivity index (χ4v) is 3.52. The fourth-order valence-electron chi connectivity index (χ4n) is 3.52. The van der Waals surface area contributed by atoms with Crippen LogP contribution in [0, 0.1) is 11.3 Å². The molecule has 3 fully saturated rings. The van der Waals surface area contributed by atoms with Gasteiger partial charge in [-0.1, -0.05) is 6.92 Å². The fraction of sp³-hybridized carbons (Fsp3) is 1.00. The Morgan fingerprint density at radius 2 is 2.22 bits per heavy atom. The Bertz CT molecular complexity index is 272. The number of rotatable bonds is 5. The normalized spacial score (nSPS) is 38.2. The molecule has 2 saturated heterocycles. The van der Waals surface area contributed by atoms with Crippen molar-refractivity contribution in [2.45, 2.75) is 45.1 Å². The summed E-state index contributed by atoms with van der Waals surface area (Å²) >= 11 is 0. The molecular formula is C15H28N2O. The van der Waals surface area contributed by atoms with Crippen LogP contribution in [0.5, 0.6) is 0 Å². The van der Waals surface area contributed by atoms with Gasteiger partial charge in [0.05, 0.1) is 6.61 Å². The zero-order valence-electron chi connectivity index (χ0n) is 11.8. The molecule has 0 aromatic rings. The highest BCUT2D eigenvalue weighted by Gasteiger charge is 2.37. The van der Waals surface area contributed by atoms with E-state index in [0.717, 1.165) is 25.2 Å². The standard InChI is InChI=1S/C15H28N2O/c1-13-5-7-17(9-13)11-15(6-2-8-18-12-15)10-16-14-3-4-14/h13-14,16H,2-12H2,1H3. The lowest BCUT2D eigenvalue weighted by Crippen LogP contribution is -2.49. The minimum atomic E-state index is 0.394. The van der Waals surface area contributed by atoms with Crippen LogP contribution in [0.4, 0.5) is 0 Å².